The van der Waals surface area contributed by atoms with Crippen molar-refractivity contribution in [3.8, 4) is 5.75 Å². The number of carbonyl (C=O) groups excluding carboxylic acids is 1. The van der Waals surface area contributed by atoms with Crippen molar-refractivity contribution in [1.82, 2.24) is 4.90 Å². The lowest BCUT2D eigenvalue weighted by Gasteiger charge is -2.28. The Hall–Kier alpha value is -1.55. The van der Waals surface area contributed by atoms with Crippen LogP contribution >= 0.6 is 0 Å². The Morgan fingerprint density at radius 2 is 2.11 bits per heavy atom. The van der Waals surface area contributed by atoms with E-state index in [9.17, 15) is 4.79 Å². The van der Waals surface area contributed by atoms with Crippen molar-refractivity contribution in [2.45, 2.75) is 25.3 Å². The number of para-hydroxylation sites is 1. The van der Waals surface area contributed by atoms with Crippen LogP contribution in [0.1, 0.15) is 19.3 Å². The van der Waals surface area contributed by atoms with E-state index in [4.69, 9.17) is 10.5 Å². The van der Waals surface area contributed by atoms with Crippen LogP contribution in [0, 0.1) is 5.92 Å². The third kappa shape index (κ3) is 2.82. The number of carbonyl (C=O) groups is 1. The van der Waals surface area contributed by atoms with Crippen molar-refractivity contribution in [2.24, 2.45) is 11.7 Å². The molecule has 1 aliphatic rings. The lowest BCUT2D eigenvalue weighted by molar-refractivity contribution is 0.135. The predicted octanol–water partition coefficient (Wildman–Crippen LogP) is 2.24. The van der Waals surface area contributed by atoms with E-state index >= 15 is 0 Å². The molecule has 0 radical (unpaired) electrons. The molecule has 0 spiro atoms. The van der Waals surface area contributed by atoms with E-state index in [1.807, 2.05) is 18.2 Å². The smallest absolute Gasteiger partial charge is 0.410 e. The second-order valence-electron chi connectivity index (χ2n) is 4.79. The van der Waals surface area contributed by atoms with Gasteiger partial charge in [0.15, 0.2) is 0 Å². The third-order valence-corrected chi connectivity index (χ3v) is 3.66. The van der Waals surface area contributed by atoms with Gasteiger partial charge >= 0.3 is 6.09 Å². The highest BCUT2D eigenvalue weighted by atomic mass is 16.6. The van der Waals surface area contributed by atoms with E-state index in [2.05, 4.69) is 0 Å². The van der Waals surface area contributed by atoms with Gasteiger partial charge in [-0.25, -0.2) is 4.79 Å². The molecule has 1 amide bonds. The van der Waals surface area contributed by atoms with Gasteiger partial charge in [0.25, 0.3) is 0 Å². The quantitative estimate of drug-likeness (QED) is 0.892. The van der Waals surface area contributed by atoms with Gasteiger partial charge in [-0.05, 0) is 37.4 Å². The summed E-state index contributed by atoms with van der Waals surface area (Å²) in [6, 6.07) is 9.36. The molecule has 1 saturated carbocycles. The molecule has 1 aromatic carbocycles. The Balaban J connectivity index is 1.96. The minimum Gasteiger partial charge on any atom is -0.410 e. The standard InChI is InChI=1S/C14H20N2O2/c1-16(13-9-5-6-11(13)10-15)14(17)18-12-7-3-2-4-8-12/h2-4,7-8,11,13H,5-6,9-10,15H2,1H3. The van der Waals surface area contributed by atoms with Gasteiger partial charge in [0.1, 0.15) is 5.75 Å². The molecule has 1 aromatic rings. The molecule has 98 valence electrons. The Bertz CT molecular complexity index is 394. The molecular weight excluding hydrogens is 228 g/mol. The normalized spacial score (nSPS) is 22.8. The van der Waals surface area contributed by atoms with E-state index in [-0.39, 0.29) is 12.1 Å². The fourth-order valence-electron chi connectivity index (χ4n) is 2.60. The van der Waals surface area contributed by atoms with E-state index < -0.39 is 0 Å². The van der Waals surface area contributed by atoms with Gasteiger partial charge in [-0.2, -0.15) is 0 Å². The van der Waals surface area contributed by atoms with Crippen LogP contribution in [0.15, 0.2) is 30.3 Å². The summed E-state index contributed by atoms with van der Waals surface area (Å²) < 4.78 is 5.33. The fraction of sp³-hybridized carbons (Fsp3) is 0.500. The first kappa shape index (κ1) is 12.9. The minimum absolute atomic E-state index is 0.214. The highest BCUT2D eigenvalue weighted by Crippen LogP contribution is 2.29. The maximum absolute atomic E-state index is 12.0. The van der Waals surface area contributed by atoms with Gasteiger partial charge in [0.2, 0.25) is 0 Å². The third-order valence-electron chi connectivity index (χ3n) is 3.66. The van der Waals surface area contributed by atoms with Crippen LogP contribution in [0.4, 0.5) is 4.79 Å². The van der Waals surface area contributed by atoms with Gasteiger partial charge in [-0.1, -0.05) is 24.6 Å². The molecule has 4 nitrogen and oxygen atoms in total. The second-order valence-corrected chi connectivity index (χ2v) is 4.79. The van der Waals surface area contributed by atoms with Crippen molar-refractivity contribution in [3.63, 3.8) is 0 Å². The lowest BCUT2D eigenvalue weighted by atomic mass is 10.0. The fourth-order valence-corrected chi connectivity index (χ4v) is 2.60. The Labute approximate surface area is 108 Å². The summed E-state index contributed by atoms with van der Waals surface area (Å²) in [5.41, 5.74) is 5.74. The largest absolute Gasteiger partial charge is 0.415 e. The number of hydrogen-bond donors (Lipinski definition) is 1. The number of nitrogens with two attached hydrogens (primary N) is 1. The van der Waals surface area contributed by atoms with Crippen LogP contribution in [-0.4, -0.2) is 30.6 Å². The zero-order chi connectivity index (χ0) is 13.0. The molecular formula is C14H20N2O2. The zero-order valence-corrected chi connectivity index (χ0v) is 10.7. The van der Waals surface area contributed by atoms with E-state index in [0.717, 1.165) is 19.3 Å². The molecule has 18 heavy (non-hydrogen) atoms. The molecule has 2 N–H and O–H groups in total. The Morgan fingerprint density at radius 1 is 1.39 bits per heavy atom. The first-order valence-electron chi connectivity index (χ1n) is 6.42. The van der Waals surface area contributed by atoms with Crippen molar-refractivity contribution in [3.05, 3.63) is 30.3 Å². The molecule has 2 unspecified atom stereocenters. The average molecular weight is 248 g/mol. The summed E-state index contributed by atoms with van der Waals surface area (Å²) in [7, 11) is 1.80. The van der Waals surface area contributed by atoms with Gasteiger partial charge in [0.05, 0.1) is 0 Å². The van der Waals surface area contributed by atoms with Gasteiger partial charge in [-0.15, -0.1) is 0 Å². The second kappa shape index (κ2) is 5.87. The van der Waals surface area contributed by atoms with Crippen LogP contribution in [0.25, 0.3) is 0 Å². The molecule has 0 heterocycles. The highest BCUT2D eigenvalue weighted by molar-refractivity contribution is 5.70. The van der Waals surface area contributed by atoms with Crippen molar-refractivity contribution in [2.75, 3.05) is 13.6 Å². The lowest BCUT2D eigenvalue weighted by Crippen LogP contribution is -2.42. The summed E-state index contributed by atoms with van der Waals surface area (Å²) in [5.74, 6) is 0.981. The van der Waals surface area contributed by atoms with Gasteiger partial charge in [-0.3, -0.25) is 0 Å². The molecule has 4 heteroatoms. The number of benzene rings is 1. The van der Waals surface area contributed by atoms with Crippen molar-refractivity contribution in [1.29, 1.82) is 0 Å². The Morgan fingerprint density at radius 3 is 2.78 bits per heavy atom. The summed E-state index contributed by atoms with van der Waals surface area (Å²) >= 11 is 0. The molecule has 0 aromatic heterocycles. The van der Waals surface area contributed by atoms with Crippen LogP contribution < -0.4 is 10.5 Å². The molecule has 0 aliphatic heterocycles. The highest BCUT2D eigenvalue weighted by Gasteiger charge is 2.32. The van der Waals surface area contributed by atoms with E-state index in [1.54, 1.807) is 24.1 Å². The van der Waals surface area contributed by atoms with Crippen molar-refractivity contribution < 1.29 is 9.53 Å². The number of ether oxygens (including phenoxy) is 1. The number of rotatable bonds is 3. The van der Waals surface area contributed by atoms with Crippen LogP contribution in [0.2, 0.25) is 0 Å². The predicted molar refractivity (Wildman–Crippen MR) is 70.4 cm³/mol. The first-order valence-corrected chi connectivity index (χ1v) is 6.42. The monoisotopic (exact) mass is 248 g/mol. The maximum atomic E-state index is 12.0. The van der Waals surface area contributed by atoms with E-state index in [1.165, 1.54) is 0 Å². The molecule has 0 saturated heterocycles. The summed E-state index contributed by atoms with van der Waals surface area (Å²) in [5, 5.41) is 0. The topological polar surface area (TPSA) is 55.6 Å². The van der Waals surface area contributed by atoms with Crippen LogP contribution in [0.3, 0.4) is 0 Å². The zero-order valence-electron chi connectivity index (χ0n) is 10.7. The number of hydrogen-bond acceptors (Lipinski definition) is 3. The average Bonchev–Trinajstić information content (AvgIpc) is 2.87. The van der Waals surface area contributed by atoms with E-state index in [0.29, 0.717) is 18.2 Å². The molecule has 2 atom stereocenters. The molecule has 0 bridgehead atoms. The van der Waals surface area contributed by atoms with Crippen LogP contribution in [0.5, 0.6) is 5.75 Å². The molecule has 1 fully saturated rings. The van der Waals surface area contributed by atoms with Crippen molar-refractivity contribution >= 4 is 6.09 Å². The Kier molecular flexibility index (Phi) is 4.20. The SMILES string of the molecule is CN(C(=O)Oc1ccccc1)C1CCCC1CN. The van der Waals surface area contributed by atoms with Crippen LogP contribution in [-0.2, 0) is 0 Å². The summed E-state index contributed by atoms with van der Waals surface area (Å²) in [6.07, 6.45) is 2.95. The number of amides is 1. The first-order chi connectivity index (χ1) is 8.72. The maximum Gasteiger partial charge on any atom is 0.415 e. The van der Waals surface area contributed by atoms with Gasteiger partial charge in [0, 0.05) is 13.1 Å². The minimum atomic E-state index is -0.299. The molecule has 1 aliphatic carbocycles. The summed E-state index contributed by atoms with van der Waals surface area (Å²) in [4.78, 5) is 13.7. The molecule has 2 rings (SSSR count). The summed E-state index contributed by atoms with van der Waals surface area (Å²) in [6.45, 7) is 0.633. The van der Waals surface area contributed by atoms with Gasteiger partial charge < -0.3 is 15.4 Å². The number of nitrogens with zero attached hydrogens (tertiary/aromatic N) is 1.